The lowest BCUT2D eigenvalue weighted by Gasteiger charge is -2.11. The van der Waals surface area contributed by atoms with Crippen LogP contribution in [0.1, 0.15) is 21.8 Å². The van der Waals surface area contributed by atoms with E-state index in [1.807, 2.05) is 60.7 Å². The molecule has 0 fully saturated rings. The molecule has 18 heavy (non-hydrogen) atoms. The van der Waals surface area contributed by atoms with E-state index in [0.717, 1.165) is 5.56 Å². The number of carbonyl (C=O) groups is 1. The number of ketones is 1. The Morgan fingerprint density at radius 2 is 1.56 bits per heavy atom. The third-order valence-electron chi connectivity index (χ3n) is 2.80. The predicted octanol–water partition coefficient (Wildman–Crippen LogP) is 3.35. The zero-order valence-electron chi connectivity index (χ0n) is 10.3. The molecule has 0 aliphatic heterocycles. The highest BCUT2D eigenvalue weighted by Crippen LogP contribution is 2.19. The lowest BCUT2D eigenvalue weighted by Crippen LogP contribution is -2.14. The van der Waals surface area contributed by atoms with Gasteiger partial charge in [-0.25, -0.2) is 0 Å². The van der Waals surface area contributed by atoms with Crippen molar-refractivity contribution in [3.05, 3.63) is 71.8 Å². The van der Waals surface area contributed by atoms with E-state index in [4.69, 9.17) is 0 Å². The van der Waals surface area contributed by atoms with Crippen molar-refractivity contribution in [3.8, 4) is 0 Å². The molecule has 0 saturated heterocycles. The summed E-state index contributed by atoms with van der Waals surface area (Å²) in [5.41, 5.74) is 1.68. The second-order valence-electron chi connectivity index (χ2n) is 4.03. The van der Waals surface area contributed by atoms with Crippen molar-refractivity contribution in [2.24, 2.45) is 4.99 Å². The monoisotopic (exact) mass is 237 g/mol. The molecule has 2 rings (SSSR count). The molecule has 90 valence electrons. The minimum absolute atomic E-state index is 0.0763. The highest BCUT2D eigenvalue weighted by atomic mass is 16.1. The van der Waals surface area contributed by atoms with Crippen molar-refractivity contribution in [2.45, 2.75) is 5.92 Å². The maximum absolute atomic E-state index is 12.4. The molecule has 2 aromatic rings. The predicted molar refractivity (Wildman–Crippen MR) is 74.4 cm³/mol. The van der Waals surface area contributed by atoms with Crippen molar-refractivity contribution in [1.82, 2.24) is 0 Å². The maximum atomic E-state index is 12.4. The van der Waals surface area contributed by atoms with Crippen LogP contribution in [0.25, 0.3) is 0 Å². The summed E-state index contributed by atoms with van der Waals surface area (Å²) < 4.78 is 0. The van der Waals surface area contributed by atoms with Gasteiger partial charge >= 0.3 is 0 Å². The van der Waals surface area contributed by atoms with E-state index in [1.165, 1.54) is 0 Å². The molecule has 2 heteroatoms. The van der Waals surface area contributed by atoms with Crippen LogP contribution in [0.3, 0.4) is 0 Å². The lowest BCUT2D eigenvalue weighted by atomic mass is 9.92. The third-order valence-corrected chi connectivity index (χ3v) is 2.80. The van der Waals surface area contributed by atoms with Crippen LogP contribution in [0, 0.1) is 0 Å². The van der Waals surface area contributed by atoms with Crippen molar-refractivity contribution in [2.75, 3.05) is 7.05 Å². The number of carbonyl (C=O) groups excluding carboxylic acids is 1. The molecular formula is C16H15NO. The summed E-state index contributed by atoms with van der Waals surface area (Å²) in [7, 11) is 1.69. The number of aliphatic imine (C=N–C) groups is 1. The van der Waals surface area contributed by atoms with Gasteiger partial charge in [0.1, 0.15) is 0 Å². The normalized spacial score (nSPS) is 12.5. The molecular weight excluding hydrogens is 222 g/mol. The van der Waals surface area contributed by atoms with Gasteiger partial charge in [-0.1, -0.05) is 60.7 Å². The Labute approximate surface area is 107 Å². The summed E-state index contributed by atoms with van der Waals surface area (Å²) in [5.74, 6) is -0.231. The van der Waals surface area contributed by atoms with Crippen molar-refractivity contribution in [3.63, 3.8) is 0 Å². The Bertz CT molecular complexity index is 532. The topological polar surface area (TPSA) is 29.4 Å². The fourth-order valence-electron chi connectivity index (χ4n) is 1.90. The Hall–Kier alpha value is -2.22. The Balaban J connectivity index is 2.35. The van der Waals surface area contributed by atoms with Crippen molar-refractivity contribution >= 4 is 12.0 Å². The van der Waals surface area contributed by atoms with Gasteiger partial charge in [0, 0.05) is 18.8 Å². The first-order valence-corrected chi connectivity index (χ1v) is 5.89. The molecule has 2 aromatic carbocycles. The first-order chi connectivity index (χ1) is 8.83. The van der Waals surface area contributed by atoms with Gasteiger partial charge in [-0.3, -0.25) is 9.79 Å². The second-order valence-corrected chi connectivity index (χ2v) is 4.03. The van der Waals surface area contributed by atoms with Crippen LogP contribution in [0.4, 0.5) is 0 Å². The van der Waals surface area contributed by atoms with Gasteiger partial charge in [-0.15, -0.1) is 0 Å². The molecule has 0 saturated carbocycles. The molecule has 0 amide bonds. The molecule has 0 bridgehead atoms. The molecule has 1 unspecified atom stereocenters. The van der Waals surface area contributed by atoms with E-state index in [9.17, 15) is 4.79 Å². The zero-order chi connectivity index (χ0) is 12.8. The van der Waals surface area contributed by atoms with Gasteiger partial charge in [0.05, 0.1) is 5.92 Å². The summed E-state index contributed by atoms with van der Waals surface area (Å²) in [5, 5.41) is 0. The average molecular weight is 237 g/mol. The van der Waals surface area contributed by atoms with Crippen molar-refractivity contribution in [1.29, 1.82) is 0 Å². The number of benzene rings is 2. The number of Topliss-reactive ketones (excluding diaryl/α,β-unsaturated/α-hetero) is 1. The number of hydrogen-bond donors (Lipinski definition) is 0. The van der Waals surface area contributed by atoms with Gasteiger partial charge in [0.2, 0.25) is 0 Å². The minimum atomic E-state index is -0.307. The smallest absolute Gasteiger partial charge is 0.175 e. The van der Waals surface area contributed by atoms with Crippen molar-refractivity contribution < 1.29 is 4.79 Å². The van der Waals surface area contributed by atoms with Crippen LogP contribution < -0.4 is 0 Å². The van der Waals surface area contributed by atoms with Gasteiger partial charge < -0.3 is 0 Å². The van der Waals surface area contributed by atoms with E-state index >= 15 is 0 Å². The molecule has 0 aromatic heterocycles. The van der Waals surface area contributed by atoms with Gasteiger partial charge in [0.25, 0.3) is 0 Å². The molecule has 0 heterocycles. The van der Waals surface area contributed by atoms with Crippen LogP contribution in [0.2, 0.25) is 0 Å². The van der Waals surface area contributed by atoms with E-state index in [1.54, 1.807) is 13.3 Å². The van der Waals surface area contributed by atoms with Crippen LogP contribution >= 0.6 is 0 Å². The Kier molecular flexibility index (Phi) is 4.02. The van der Waals surface area contributed by atoms with E-state index < -0.39 is 0 Å². The fraction of sp³-hybridized carbons (Fsp3) is 0.125. The summed E-state index contributed by atoms with van der Waals surface area (Å²) >= 11 is 0. The highest BCUT2D eigenvalue weighted by Gasteiger charge is 2.19. The number of nitrogens with zero attached hydrogens (tertiary/aromatic N) is 1. The third kappa shape index (κ3) is 2.72. The highest BCUT2D eigenvalue weighted by molar-refractivity contribution is 6.10. The SMILES string of the molecule is CN=CC(C(=O)c1ccccc1)c1ccccc1. The fourth-order valence-corrected chi connectivity index (χ4v) is 1.90. The zero-order valence-corrected chi connectivity index (χ0v) is 10.3. The van der Waals surface area contributed by atoms with E-state index in [0.29, 0.717) is 5.56 Å². The van der Waals surface area contributed by atoms with E-state index in [-0.39, 0.29) is 11.7 Å². The number of hydrogen-bond acceptors (Lipinski definition) is 2. The van der Waals surface area contributed by atoms with Gasteiger partial charge in [-0.2, -0.15) is 0 Å². The van der Waals surface area contributed by atoms with Crippen LogP contribution in [0.5, 0.6) is 0 Å². The Morgan fingerprint density at radius 3 is 2.11 bits per heavy atom. The van der Waals surface area contributed by atoms with Gasteiger partial charge in [0.15, 0.2) is 5.78 Å². The number of rotatable bonds is 4. The first kappa shape index (κ1) is 12.2. The van der Waals surface area contributed by atoms with Crippen LogP contribution in [-0.4, -0.2) is 19.0 Å². The summed E-state index contributed by atoms with van der Waals surface area (Å²) in [6, 6.07) is 19.0. The molecule has 0 aliphatic rings. The van der Waals surface area contributed by atoms with Crippen LogP contribution in [0.15, 0.2) is 65.7 Å². The molecule has 0 aliphatic carbocycles. The summed E-state index contributed by atoms with van der Waals surface area (Å²) in [6.45, 7) is 0. The molecule has 1 atom stereocenters. The minimum Gasteiger partial charge on any atom is -0.300 e. The van der Waals surface area contributed by atoms with E-state index in [2.05, 4.69) is 4.99 Å². The summed E-state index contributed by atoms with van der Waals surface area (Å²) in [6.07, 6.45) is 1.70. The van der Waals surface area contributed by atoms with Crippen LogP contribution in [-0.2, 0) is 0 Å². The molecule has 0 spiro atoms. The van der Waals surface area contributed by atoms with Gasteiger partial charge in [-0.05, 0) is 5.56 Å². The molecule has 2 nitrogen and oxygen atoms in total. The average Bonchev–Trinajstić information content (AvgIpc) is 2.46. The quantitative estimate of drug-likeness (QED) is 0.592. The maximum Gasteiger partial charge on any atom is 0.175 e. The lowest BCUT2D eigenvalue weighted by molar-refractivity contribution is 0.0984. The Morgan fingerprint density at radius 1 is 1.00 bits per heavy atom. The summed E-state index contributed by atoms with van der Waals surface area (Å²) in [4.78, 5) is 16.5. The largest absolute Gasteiger partial charge is 0.300 e. The molecule has 0 N–H and O–H groups in total. The molecule has 0 radical (unpaired) electrons. The first-order valence-electron chi connectivity index (χ1n) is 5.89. The standard InChI is InChI=1S/C16H15NO/c1-17-12-15(13-8-4-2-5-9-13)16(18)14-10-6-3-7-11-14/h2-12,15H,1H3. The second kappa shape index (κ2) is 5.92.